The fraction of sp³-hybridized carbons (Fsp3) is 0.444. The zero-order valence-corrected chi connectivity index (χ0v) is 9.15. The highest BCUT2D eigenvalue weighted by molar-refractivity contribution is 6.32. The number of hydrogen-bond donors (Lipinski definition) is 1. The van der Waals surface area contributed by atoms with Crippen LogP contribution in [0, 0.1) is 0 Å². The van der Waals surface area contributed by atoms with Crippen molar-refractivity contribution in [3.8, 4) is 0 Å². The smallest absolute Gasteiger partial charge is 0.132 e. The molecule has 14 heavy (non-hydrogen) atoms. The first-order valence-corrected chi connectivity index (χ1v) is 5.30. The highest BCUT2D eigenvalue weighted by Gasteiger charge is 2.11. The summed E-state index contributed by atoms with van der Waals surface area (Å²) in [5.41, 5.74) is 1.05. The fourth-order valence-corrected chi connectivity index (χ4v) is 2.01. The zero-order chi connectivity index (χ0) is 9.97. The Balaban J connectivity index is 2.21. The number of nitrogens with zero attached hydrogens (tertiary/aromatic N) is 2. The van der Waals surface area contributed by atoms with Gasteiger partial charge >= 0.3 is 0 Å². The minimum absolute atomic E-state index is 0.450. The molecule has 0 spiro atoms. The van der Waals surface area contributed by atoms with Gasteiger partial charge in [-0.2, -0.15) is 0 Å². The first kappa shape index (κ1) is 10.0. The van der Waals surface area contributed by atoms with E-state index in [1.165, 1.54) is 0 Å². The molecule has 1 fully saturated rings. The molecule has 1 aromatic heterocycles. The molecule has 0 bridgehead atoms. The molecule has 76 valence electrons. The molecule has 0 amide bonds. The Morgan fingerprint density at radius 1 is 1.14 bits per heavy atom. The van der Waals surface area contributed by atoms with Crippen LogP contribution >= 0.6 is 23.2 Å². The summed E-state index contributed by atoms with van der Waals surface area (Å²) in [5.74, 6) is 0. The second-order valence-electron chi connectivity index (χ2n) is 3.21. The quantitative estimate of drug-likeness (QED) is 0.748. The van der Waals surface area contributed by atoms with Crippen molar-refractivity contribution in [3.63, 3.8) is 0 Å². The molecule has 0 atom stereocenters. The van der Waals surface area contributed by atoms with Gasteiger partial charge in [0.1, 0.15) is 10.3 Å². The fourth-order valence-electron chi connectivity index (χ4n) is 1.56. The monoisotopic (exact) mass is 231 g/mol. The molecule has 1 aliphatic rings. The Morgan fingerprint density at radius 2 is 1.71 bits per heavy atom. The molecule has 1 N–H and O–H groups in total. The standard InChI is InChI=1S/C9H11Cl2N3/c10-8-5-7(6-9(11)13-8)14-3-1-12-2-4-14/h5-6,12H,1-4H2. The van der Waals surface area contributed by atoms with Crippen molar-refractivity contribution >= 4 is 28.9 Å². The van der Waals surface area contributed by atoms with E-state index in [4.69, 9.17) is 23.2 Å². The summed E-state index contributed by atoms with van der Waals surface area (Å²) in [6.45, 7) is 3.96. The summed E-state index contributed by atoms with van der Waals surface area (Å²) in [6, 6.07) is 3.69. The molecule has 0 aromatic carbocycles. The lowest BCUT2D eigenvalue weighted by atomic mass is 10.3. The van der Waals surface area contributed by atoms with Crippen LogP contribution in [0.1, 0.15) is 0 Å². The first-order chi connectivity index (χ1) is 6.75. The number of aromatic nitrogens is 1. The van der Waals surface area contributed by atoms with Crippen molar-refractivity contribution in [2.24, 2.45) is 0 Å². The molecule has 5 heteroatoms. The van der Waals surface area contributed by atoms with E-state index in [0.29, 0.717) is 10.3 Å². The molecule has 2 heterocycles. The van der Waals surface area contributed by atoms with Crippen LogP contribution in [0.25, 0.3) is 0 Å². The van der Waals surface area contributed by atoms with E-state index in [1.54, 1.807) is 0 Å². The molecule has 2 rings (SSSR count). The Bertz CT molecular complexity index is 304. The van der Waals surface area contributed by atoms with Gasteiger partial charge in [0, 0.05) is 31.9 Å². The third-order valence-electron chi connectivity index (χ3n) is 2.23. The third-order valence-corrected chi connectivity index (χ3v) is 2.62. The Morgan fingerprint density at radius 3 is 2.29 bits per heavy atom. The van der Waals surface area contributed by atoms with E-state index >= 15 is 0 Å². The van der Waals surface area contributed by atoms with Gasteiger partial charge in [0.15, 0.2) is 0 Å². The van der Waals surface area contributed by atoms with E-state index in [9.17, 15) is 0 Å². The second-order valence-corrected chi connectivity index (χ2v) is 3.98. The van der Waals surface area contributed by atoms with E-state index in [1.807, 2.05) is 12.1 Å². The predicted octanol–water partition coefficient (Wildman–Crippen LogP) is 1.80. The van der Waals surface area contributed by atoms with Gasteiger partial charge in [-0.3, -0.25) is 0 Å². The van der Waals surface area contributed by atoms with Crippen molar-refractivity contribution < 1.29 is 0 Å². The Labute approximate surface area is 93.0 Å². The lowest BCUT2D eigenvalue weighted by Gasteiger charge is -2.29. The summed E-state index contributed by atoms with van der Waals surface area (Å²) < 4.78 is 0. The molecule has 3 nitrogen and oxygen atoms in total. The molecule has 0 aliphatic carbocycles. The average molecular weight is 232 g/mol. The normalized spacial score (nSPS) is 17.1. The lowest BCUT2D eigenvalue weighted by Crippen LogP contribution is -2.43. The van der Waals surface area contributed by atoms with Crippen LogP contribution in [0.3, 0.4) is 0 Å². The van der Waals surface area contributed by atoms with E-state index < -0.39 is 0 Å². The van der Waals surface area contributed by atoms with Crippen molar-refractivity contribution in [1.29, 1.82) is 0 Å². The number of anilines is 1. The largest absolute Gasteiger partial charge is 0.369 e. The number of halogens is 2. The van der Waals surface area contributed by atoms with Gasteiger partial charge in [-0.15, -0.1) is 0 Å². The Hall–Kier alpha value is -0.510. The topological polar surface area (TPSA) is 28.2 Å². The molecule has 0 unspecified atom stereocenters. The van der Waals surface area contributed by atoms with Gasteiger partial charge < -0.3 is 10.2 Å². The molecular formula is C9H11Cl2N3. The maximum Gasteiger partial charge on any atom is 0.132 e. The van der Waals surface area contributed by atoms with Crippen molar-refractivity contribution in [2.75, 3.05) is 31.1 Å². The predicted molar refractivity (Wildman–Crippen MR) is 59.3 cm³/mol. The second kappa shape index (κ2) is 4.34. The minimum Gasteiger partial charge on any atom is -0.369 e. The van der Waals surface area contributed by atoms with Crippen LogP contribution in [0.4, 0.5) is 5.69 Å². The summed E-state index contributed by atoms with van der Waals surface area (Å²) in [7, 11) is 0. The number of hydrogen-bond acceptors (Lipinski definition) is 3. The van der Waals surface area contributed by atoms with Crippen LogP contribution in [0.5, 0.6) is 0 Å². The van der Waals surface area contributed by atoms with Gasteiger partial charge in [-0.05, 0) is 12.1 Å². The van der Waals surface area contributed by atoms with Crippen molar-refractivity contribution in [1.82, 2.24) is 10.3 Å². The van der Waals surface area contributed by atoms with E-state index in [0.717, 1.165) is 31.9 Å². The van der Waals surface area contributed by atoms with Crippen LogP contribution in [-0.4, -0.2) is 31.2 Å². The molecule has 0 saturated carbocycles. The van der Waals surface area contributed by atoms with Crippen LogP contribution < -0.4 is 10.2 Å². The summed E-state index contributed by atoms with van der Waals surface area (Å²) in [4.78, 5) is 6.16. The number of pyridine rings is 1. The zero-order valence-electron chi connectivity index (χ0n) is 7.63. The highest BCUT2D eigenvalue weighted by Crippen LogP contribution is 2.22. The SMILES string of the molecule is Clc1cc(N2CCNCC2)cc(Cl)n1. The van der Waals surface area contributed by atoms with Crippen LogP contribution in [0.2, 0.25) is 10.3 Å². The minimum atomic E-state index is 0.450. The molecule has 1 saturated heterocycles. The van der Waals surface area contributed by atoms with Crippen molar-refractivity contribution in [2.45, 2.75) is 0 Å². The first-order valence-electron chi connectivity index (χ1n) is 4.54. The van der Waals surface area contributed by atoms with Gasteiger partial charge in [0.2, 0.25) is 0 Å². The summed E-state index contributed by atoms with van der Waals surface area (Å²) in [5, 5.41) is 4.19. The number of nitrogens with one attached hydrogen (secondary N) is 1. The van der Waals surface area contributed by atoms with Gasteiger partial charge in [-0.25, -0.2) is 4.98 Å². The van der Waals surface area contributed by atoms with Gasteiger partial charge in [0.25, 0.3) is 0 Å². The van der Waals surface area contributed by atoms with Gasteiger partial charge in [-0.1, -0.05) is 23.2 Å². The molecule has 0 radical (unpaired) electrons. The van der Waals surface area contributed by atoms with Crippen LogP contribution in [0.15, 0.2) is 12.1 Å². The lowest BCUT2D eigenvalue weighted by molar-refractivity contribution is 0.589. The van der Waals surface area contributed by atoms with E-state index in [-0.39, 0.29) is 0 Å². The number of rotatable bonds is 1. The number of piperazine rings is 1. The van der Waals surface area contributed by atoms with Gasteiger partial charge in [0.05, 0.1) is 0 Å². The summed E-state index contributed by atoms with van der Waals surface area (Å²) in [6.07, 6.45) is 0. The molecular weight excluding hydrogens is 221 g/mol. The van der Waals surface area contributed by atoms with Crippen LogP contribution in [-0.2, 0) is 0 Å². The summed E-state index contributed by atoms with van der Waals surface area (Å²) >= 11 is 11.7. The Kier molecular flexibility index (Phi) is 3.11. The van der Waals surface area contributed by atoms with E-state index in [2.05, 4.69) is 15.2 Å². The van der Waals surface area contributed by atoms with Crippen molar-refractivity contribution in [3.05, 3.63) is 22.4 Å². The maximum atomic E-state index is 5.83. The highest BCUT2D eigenvalue weighted by atomic mass is 35.5. The average Bonchev–Trinajstić information content (AvgIpc) is 2.18. The maximum absolute atomic E-state index is 5.83. The molecule has 1 aliphatic heterocycles. The molecule has 1 aromatic rings. The third kappa shape index (κ3) is 2.29.